The molecule has 3 amide bonds. The molecule has 2 aromatic heterocycles. The first-order valence-electron chi connectivity index (χ1n) is 18.4. The lowest BCUT2D eigenvalue weighted by Crippen LogP contribution is -2.60. The molecule has 288 valence electrons. The first-order chi connectivity index (χ1) is 25.6. The fourth-order valence-corrected chi connectivity index (χ4v) is 8.63. The second-order valence-corrected chi connectivity index (χ2v) is 17.8. The Balaban J connectivity index is 1.35. The number of benzene rings is 2. The van der Waals surface area contributed by atoms with Crippen molar-refractivity contribution in [2.45, 2.75) is 94.7 Å². The van der Waals surface area contributed by atoms with Gasteiger partial charge in [-0.3, -0.25) is 24.3 Å². The van der Waals surface area contributed by atoms with E-state index in [-0.39, 0.29) is 55.6 Å². The number of para-hydroxylation sites is 1. The smallest absolute Gasteiger partial charge is 0.270 e. The van der Waals surface area contributed by atoms with Crippen molar-refractivity contribution in [3.63, 3.8) is 0 Å². The summed E-state index contributed by atoms with van der Waals surface area (Å²) >= 11 is 0. The first kappa shape index (κ1) is 40.5. The zero-order chi connectivity index (χ0) is 39.0. The topological polar surface area (TPSA) is 171 Å². The molecule has 4 aromatic rings. The van der Waals surface area contributed by atoms with Crippen LogP contribution >= 0.6 is 0 Å². The maximum Gasteiger partial charge on any atom is 0.270 e. The molecule has 5 atom stereocenters. The number of amides is 3. The summed E-state index contributed by atoms with van der Waals surface area (Å²) in [6.07, 6.45) is 2.56. The van der Waals surface area contributed by atoms with Crippen LogP contribution in [0.15, 0.2) is 91.3 Å². The number of carbonyl (C=O) groups is 3. The molecule has 54 heavy (non-hydrogen) atoms. The number of β-amino-alcohol motifs (C(OH)–C–C–N with tert-alkyl or cyclic N) is 1. The molecule has 1 aliphatic heterocycles. The molecule has 5 rings (SSSR count). The highest BCUT2D eigenvalue weighted by atomic mass is 32.2. The molecule has 1 saturated heterocycles. The molecule has 0 aliphatic carbocycles. The van der Waals surface area contributed by atoms with Gasteiger partial charge in [0.25, 0.3) is 5.91 Å². The number of sulfone groups is 1. The Bertz CT molecular complexity index is 2000. The lowest BCUT2D eigenvalue weighted by Gasteiger charge is -2.41. The van der Waals surface area contributed by atoms with Gasteiger partial charge in [-0.05, 0) is 75.3 Å². The van der Waals surface area contributed by atoms with E-state index in [0.29, 0.717) is 11.1 Å². The van der Waals surface area contributed by atoms with Crippen molar-refractivity contribution < 1.29 is 27.9 Å². The lowest BCUT2D eigenvalue weighted by molar-refractivity contribution is -0.130. The van der Waals surface area contributed by atoms with Gasteiger partial charge in [0.2, 0.25) is 11.8 Å². The van der Waals surface area contributed by atoms with E-state index in [0.717, 1.165) is 10.9 Å². The van der Waals surface area contributed by atoms with Gasteiger partial charge in [0, 0.05) is 36.4 Å². The number of likely N-dealkylation sites (tertiary alicyclic amines) is 1. The van der Waals surface area contributed by atoms with Crippen molar-refractivity contribution in [1.29, 1.82) is 0 Å². The highest BCUT2D eigenvalue weighted by Gasteiger charge is 2.41. The van der Waals surface area contributed by atoms with Gasteiger partial charge in [-0.15, -0.1) is 0 Å². The van der Waals surface area contributed by atoms with Gasteiger partial charge in [0.05, 0.1) is 34.7 Å². The fourth-order valence-electron chi connectivity index (χ4n) is 6.82. The first-order valence-corrected chi connectivity index (χ1v) is 20.2. The number of carbonyl (C=O) groups excluding carboxylic acids is 3. The molecular formula is C41H52N6O6S. The number of hydrogen-bond acceptors (Lipinski definition) is 9. The molecule has 3 heterocycles. The van der Waals surface area contributed by atoms with Gasteiger partial charge in [0.1, 0.15) is 11.7 Å². The zero-order valence-electron chi connectivity index (χ0n) is 31.6. The minimum Gasteiger partial charge on any atom is -0.390 e. The molecule has 4 N–H and O–H groups in total. The van der Waals surface area contributed by atoms with Gasteiger partial charge >= 0.3 is 0 Å². The van der Waals surface area contributed by atoms with Crippen LogP contribution in [0.4, 0.5) is 0 Å². The quantitative estimate of drug-likeness (QED) is 0.149. The molecule has 12 nitrogen and oxygen atoms in total. The fraction of sp³-hybridized carbons (Fsp3) is 0.439. The van der Waals surface area contributed by atoms with E-state index in [1.165, 1.54) is 6.20 Å². The summed E-state index contributed by atoms with van der Waals surface area (Å²) in [6.45, 7) is 9.46. The number of aliphatic hydroxyl groups excluding tert-OH is 1. The summed E-state index contributed by atoms with van der Waals surface area (Å²) in [5, 5.41) is 20.9. The Morgan fingerprint density at radius 1 is 0.926 bits per heavy atom. The molecule has 4 unspecified atom stereocenters. The third kappa shape index (κ3) is 10.9. The summed E-state index contributed by atoms with van der Waals surface area (Å²) < 4.78 is 27.2. The number of piperidine rings is 1. The van der Waals surface area contributed by atoms with Gasteiger partial charge in [-0.25, -0.2) is 13.4 Å². The van der Waals surface area contributed by atoms with Crippen molar-refractivity contribution in [3.8, 4) is 0 Å². The van der Waals surface area contributed by atoms with E-state index >= 15 is 0 Å². The number of fused-ring (bicyclic) bond motifs is 1. The minimum absolute atomic E-state index is 0.00486. The number of nitrogens with one attached hydrogen (secondary N) is 3. The van der Waals surface area contributed by atoms with Gasteiger partial charge < -0.3 is 21.1 Å². The van der Waals surface area contributed by atoms with Crippen LogP contribution in [0.1, 0.15) is 69.1 Å². The Morgan fingerprint density at radius 2 is 1.63 bits per heavy atom. The highest BCUT2D eigenvalue weighted by molar-refractivity contribution is 7.91. The molecule has 0 saturated carbocycles. The predicted molar refractivity (Wildman–Crippen MR) is 209 cm³/mol. The summed E-state index contributed by atoms with van der Waals surface area (Å²) in [6, 6.07) is 21.1. The monoisotopic (exact) mass is 756 g/mol. The van der Waals surface area contributed by atoms with Crippen LogP contribution in [-0.4, -0.2) is 94.2 Å². The standard InChI is InChI=1S/C41H52N6O6S/c1-27(2)37(45-38(49)33-18-17-30-15-9-10-16-32(30)43-33)40(51)44-34(22-28-12-7-6-8-13-28)36(48)25-47-21-19-31(23-35(47)39(50)46-41(3,4)5)54(52,53)26-29-14-11-20-42-24-29/h6-18,20,24,27,31,34-37,48H,19,21-23,25-26H2,1-5H3,(H,44,51)(H,45,49)(H,46,50)/t31?,34?,35?,36?,37-/m0/s1. The van der Waals surface area contributed by atoms with E-state index in [2.05, 4.69) is 25.9 Å². The Hall–Kier alpha value is -4.72. The maximum absolute atomic E-state index is 14.0. The van der Waals surface area contributed by atoms with E-state index in [1.54, 1.807) is 24.4 Å². The van der Waals surface area contributed by atoms with Crippen molar-refractivity contribution >= 4 is 38.5 Å². The normalized spacial score (nSPS) is 18.4. The number of aliphatic hydroxyl groups is 1. The molecule has 13 heteroatoms. The second kappa shape index (κ2) is 17.6. The van der Waals surface area contributed by atoms with Crippen molar-refractivity contribution in [3.05, 3.63) is 108 Å². The molecule has 0 bridgehead atoms. The lowest BCUT2D eigenvalue weighted by atomic mass is 9.95. The third-order valence-corrected chi connectivity index (χ3v) is 11.8. The molecule has 2 aromatic carbocycles. The molecule has 0 spiro atoms. The van der Waals surface area contributed by atoms with Crippen molar-refractivity contribution in [2.24, 2.45) is 5.92 Å². The van der Waals surface area contributed by atoms with E-state index in [9.17, 15) is 27.9 Å². The van der Waals surface area contributed by atoms with E-state index < -0.39 is 56.7 Å². The highest BCUT2D eigenvalue weighted by Crippen LogP contribution is 2.27. The summed E-state index contributed by atoms with van der Waals surface area (Å²) in [7, 11) is -3.64. The Labute approximate surface area is 318 Å². The third-order valence-electron chi connectivity index (χ3n) is 9.64. The van der Waals surface area contributed by atoms with Crippen LogP contribution in [0, 0.1) is 5.92 Å². The van der Waals surface area contributed by atoms with Crippen LogP contribution in [0.3, 0.4) is 0 Å². The van der Waals surface area contributed by atoms with Gasteiger partial charge in [-0.1, -0.05) is 74.5 Å². The predicted octanol–water partition coefficient (Wildman–Crippen LogP) is 3.84. The van der Waals surface area contributed by atoms with Crippen LogP contribution < -0.4 is 16.0 Å². The van der Waals surface area contributed by atoms with Crippen LogP contribution in [-0.2, 0) is 31.6 Å². The van der Waals surface area contributed by atoms with Gasteiger partial charge in [0.15, 0.2) is 9.84 Å². The number of rotatable bonds is 14. The summed E-state index contributed by atoms with van der Waals surface area (Å²) in [5.41, 5.74) is 1.71. The number of pyridine rings is 2. The molecule has 1 fully saturated rings. The number of aromatic nitrogens is 2. The van der Waals surface area contributed by atoms with Crippen LogP contribution in [0.25, 0.3) is 10.9 Å². The summed E-state index contributed by atoms with van der Waals surface area (Å²) in [5.74, 6) is -1.78. The Morgan fingerprint density at radius 3 is 2.31 bits per heavy atom. The number of nitrogens with zero attached hydrogens (tertiary/aromatic N) is 3. The van der Waals surface area contributed by atoms with Crippen LogP contribution in [0.2, 0.25) is 0 Å². The van der Waals surface area contributed by atoms with E-state index in [4.69, 9.17) is 0 Å². The molecular weight excluding hydrogens is 705 g/mol. The summed E-state index contributed by atoms with van der Waals surface area (Å²) in [4.78, 5) is 51.5. The zero-order valence-corrected chi connectivity index (χ0v) is 32.4. The molecule has 1 aliphatic rings. The average molecular weight is 757 g/mol. The maximum atomic E-state index is 14.0. The average Bonchev–Trinajstić information content (AvgIpc) is 3.13. The van der Waals surface area contributed by atoms with E-state index in [1.807, 2.05) is 100 Å². The second-order valence-electron chi connectivity index (χ2n) is 15.5. The Kier molecular flexibility index (Phi) is 13.2. The van der Waals surface area contributed by atoms with Gasteiger partial charge in [-0.2, -0.15) is 0 Å². The minimum atomic E-state index is -3.64. The largest absolute Gasteiger partial charge is 0.390 e. The van der Waals surface area contributed by atoms with Crippen molar-refractivity contribution in [1.82, 2.24) is 30.8 Å². The SMILES string of the molecule is CC(C)[C@H](NC(=O)c1ccc2ccccc2n1)C(=O)NC(Cc1ccccc1)C(O)CN1CCC(S(=O)(=O)Cc2cccnc2)CC1C(=O)NC(C)(C)C. The van der Waals surface area contributed by atoms with Crippen molar-refractivity contribution in [2.75, 3.05) is 13.1 Å². The molecule has 0 radical (unpaired) electrons. The van der Waals surface area contributed by atoms with Crippen LogP contribution in [0.5, 0.6) is 0 Å². The number of hydrogen-bond donors (Lipinski definition) is 4.